The zero-order chi connectivity index (χ0) is 14.4. The first-order valence-corrected chi connectivity index (χ1v) is 7.46. The average Bonchev–Trinajstić information content (AvgIpc) is 2.92. The molecule has 1 atom stereocenters. The highest BCUT2D eigenvalue weighted by Crippen LogP contribution is 2.19. The van der Waals surface area contributed by atoms with Crippen LogP contribution in [0, 0.1) is 5.92 Å². The van der Waals surface area contributed by atoms with Gasteiger partial charge >= 0.3 is 0 Å². The Morgan fingerprint density at radius 3 is 2.67 bits per heavy atom. The Morgan fingerprint density at radius 1 is 1.33 bits per heavy atom. The molecular formula is C16H27IN4. The summed E-state index contributed by atoms with van der Waals surface area (Å²) in [5.74, 6) is 1.54. The molecule has 1 aromatic carbocycles. The summed E-state index contributed by atoms with van der Waals surface area (Å²) in [6, 6.07) is 11.1. The number of para-hydroxylation sites is 1. The predicted octanol–water partition coefficient (Wildman–Crippen LogP) is 2.70. The molecule has 0 bridgehead atoms. The topological polar surface area (TPSA) is 39.7 Å². The van der Waals surface area contributed by atoms with Crippen molar-refractivity contribution in [2.24, 2.45) is 10.9 Å². The monoisotopic (exact) mass is 402 g/mol. The molecule has 2 N–H and O–H groups in total. The Kier molecular flexibility index (Phi) is 7.85. The van der Waals surface area contributed by atoms with Crippen molar-refractivity contribution in [3.8, 4) is 0 Å². The van der Waals surface area contributed by atoms with E-state index in [1.165, 1.54) is 5.69 Å². The van der Waals surface area contributed by atoms with Gasteiger partial charge < -0.3 is 15.5 Å². The summed E-state index contributed by atoms with van der Waals surface area (Å²) >= 11 is 0. The first-order valence-electron chi connectivity index (χ1n) is 7.46. The molecule has 1 aromatic rings. The van der Waals surface area contributed by atoms with Crippen molar-refractivity contribution in [2.75, 3.05) is 31.6 Å². The van der Waals surface area contributed by atoms with Crippen LogP contribution in [0.1, 0.15) is 20.3 Å². The van der Waals surface area contributed by atoms with Gasteiger partial charge in [0.25, 0.3) is 0 Å². The van der Waals surface area contributed by atoms with Gasteiger partial charge in [0, 0.05) is 38.4 Å². The van der Waals surface area contributed by atoms with Gasteiger partial charge in [-0.1, -0.05) is 32.0 Å². The van der Waals surface area contributed by atoms with E-state index < -0.39 is 0 Å². The molecule has 0 aromatic heterocycles. The standard InChI is InChI=1S/C16H26N4.HI/c1-13(2)11-18-16(17-3)19-14-9-10-20(12-14)15-7-5-4-6-8-15;/h4-8,13-14H,9-12H2,1-3H3,(H2,17,18,19);1H. The molecule has 1 fully saturated rings. The van der Waals surface area contributed by atoms with E-state index in [0.717, 1.165) is 32.0 Å². The third kappa shape index (κ3) is 5.73. The van der Waals surface area contributed by atoms with Crippen LogP contribution in [-0.2, 0) is 0 Å². The number of hydrogen-bond donors (Lipinski definition) is 2. The summed E-state index contributed by atoms with van der Waals surface area (Å²) in [6.07, 6.45) is 1.15. The van der Waals surface area contributed by atoms with Crippen molar-refractivity contribution in [2.45, 2.75) is 26.3 Å². The van der Waals surface area contributed by atoms with Crippen LogP contribution in [-0.4, -0.2) is 38.7 Å². The minimum atomic E-state index is 0. The first kappa shape index (κ1) is 18.1. The third-order valence-electron chi connectivity index (χ3n) is 3.55. The van der Waals surface area contributed by atoms with E-state index in [2.05, 4.69) is 64.7 Å². The van der Waals surface area contributed by atoms with Gasteiger partial charge in [-0.25, -0.2) is 0 Å². The van der Waals surface area contributed by atoms with Gasteiger partial charge in [0.1, 0.15) is 0 Å². The molecular weight excluding hydrogens is 375 g/mol. The van der Waals surface area contributed by atoms with Crippen LogP contribution in [0.4, 0.5) is 5.69 Å². The number of guanidine groups is 1. The number of nitrogens with one attached hydrogen (secondary N) is 2. The second-order valence-corrected chi connectivity index (χ2v) is 5.76. The lowest BCUT2D eigenvalue weighted by molar-refractivity contribution is 0.595. The summed E-state index contributed by atoms with van der Waals surface area (Å²) in [5, 5.41) is 6.89. The number of benzene rings is 1. The zero-order valence-corrected chi connectivity index (χ0v) is 15.5. The maximum atomic E-state index is 4.30. The molecule has 21 heavy (non-hydrogen) atoms. The molecule has 1 aliphatic rings. The number of anilines is 1. The molecule has 0 radical (unpaired) electrons. The summed E-state index contributed by atoms with van der Waals surface area (Å²) < 4.78 is 0. The highest BCUT2D eigenvalue weighted by molar-refractivity contribution is 14.0. The number of halogens is 1. The Bertz CT molecular complexity index is 433. The molecule has 0 saturated carbocycles. The molecule has 1 aliphatic heterocycles. The molecule has 0 aliphatic carbocycles. The van der Waals surface area contributed by atoms with E-state index in [-0.39, 0.29) is 24.0 Å². The van der Waals surface area contributed by atoms with E-state index in [4.69, 9.17) is 0 Å². The molecule has 2 rings (SSSR count). The summed E-state index contributed by atoms with van der Waals surface area (Å²) in [7, 11) is 1.83. The van der Waals surface area contributed by atoms with Gasteiger partial charge in [-0.2, -0.15) is 0 Å². The molecule has 0 amide bonds. The van der Waals surface area contributed by atoms with Crippen molar-refractivity contribution < 1.29 is 0 Å². The fourth-order valence-electron chi connectivity index (χ4n) is 2.44. The van der Waals surface area contributed by atoms with Crippen LogP contribution in [0.5, 0.6) is 0 Å². The lowest BCUT2D eigenvalue weighted by atomic mass is 10.2. The Balaban J connectivity index is 0.00000220. The van der Waals surface area contributed by atoms with Crippen molar-refractivity contribution in [1.82, 2.24) is 10.6 Å². The Hall–Kier alpha value is -0.980. The zero-order valence-electron chi connectivity index (χ0n) is 13.2. The number of hydrogen-bond acceptors (Lipinski definition) is 2. The molecule has 0 spiro atoms. The molecule has 1 heterocycles. The largest absolute Gasteiger partial charge is 0.369 e. The number of rotatable bonds is 4. The summed E-state index contributed by atoms with van der Waals surface area (Å²) in [5.41, 5.74) is 1.31. The van der Waals surface area contributed by atoms with Crippen molar-refractivity contribution in [3.05, 3.63) is 30.3 Å². The minimum Gasteiger partial charge on any atom is -0.369 e. The minimum absolute atomic E-state index is 0. The van der Waals surface area contributed by atoms with Crippen molar-refractivity contribution in [3.63, 3.8) is 0 Å². The van der Waals surface area contributed by atoms with Crippen LogP contribution in [0.2, 0.25) is 0 Å². The van der Waals surface area contributed by atoms with Gasteiger partial charge in [0.2, 0.25) is 0 Å². The van der Waals surface area contributed by atoms with E-state index in [1.54, 1.807) is 0 Å². The van der Waals surface area contributed by atoms with Crippen LogP contribution >= 0.6 is 24.0 Å². The Labute approximate surface area is 145 Å². The number of aliphatic imine (C=N–C) groups is 1. The first-order chi connectivity index (χ1) is 9.69. The van der Waals surface area contributed by atoms with Gasteiger partial charge in [0.15, 0.2) is 5.96 Å². The smallest absolute Gasteiger partial charge is 0.191 e. The van der Waals surface area contributed by atoms with Crippen molar-refractivity contribution in [1.29, 1.82) is 0 Å². The van der Waals surface area contributed by atoms with Crippen LogP contribution in [0.15, 0.2) is 35.3 Å². The van der Waals surface area contributed by atoms with E-state index in [1.807, 2.05) is 7.05 Å². The highest BCUT2D eigenvalue weighted by Gasteiger charge is 2.23. The van der Waals surface area contributed by atoms with Gasteiger partial charge in [-0.15, -0.1) is 24.0 Å². The highest BCUT2D eigenvalue weighted by atomic mass is 127. The molecule has 118 valence electrons. The maximum Gasteiger partial charge on any atom is 0.191 e. The normalized spacial score (nSPS) is 18.6. The fraction of sp³-hybridized carbons (Fsp3) is 0.562. The second-order valence-electron chi connectivity index (χ2n) is 5.76. The molecule has 4 nitrogen and oxygen atoms in total. The summed E-state index contributed by atoms with van der Waals surface area (Å²) in [4.78, 5) is 6.72. The number of nitrogens with zero attached hydrogens (tertiary/aromatic N) is 2. The van der Waals surface area contributed by atoms with Gasteiger partial charge in [0.05, 0.1) is 0 Å². The average molecular weight is 402 g/mol. The van der Waals surface area contributed by atoms with Gasteiger partial charge in [-0.05, 0) is 24.5 Å². The van der Waals surface area contributed by atoms with E-state index in [0.29, 0.717) is 12.0 Å². The lowest BCUT2D eigenvalue weighted by Gasteiger charge is -2.20. The SMILES string of the molecule is CN=C(NCC(C)C)NC1CCN(c2ccccc2)C1.I. The quantitative estimate of drug-likeness (QED) is 0.462. The summed E-state index contributed by atoms with van der Waals surface area (Å²) in [6.45, 7) is 7.49. The van der Waals surface area contributed by atoms with E-state index in [9.17, 15) is 0 Å². The Morgan fingerprint density at radius 2 is 2.05 bits per heavy atom. The van der Waals surface area contributed by atoms with E-state index >= 15 is 0 Å². The second kappa shape index (κ2) is 9.12. The molecule has 5 heteroatoms. The van der Waals surface area contributed by atoms with Crippen LogP contribution in [0.25, 0.3) is 0 Å². The predicted molar refractivity (Wildman–Crippen MR) is 102 cm³/mol. The van der Waals surface area contributed by atoms with Crippen LogP contribution in [0.3, 0.4) is 0 Å². The third-order valence-corrected chi connectivity index (χ3v) is 3.55. The fourth-order valence-corrected chi connectivity index (χ4v) is 2.44. The molecule has 1 unspecified atom stereocenters. The van der Waals surface area contributed by atoms with Gasteiger partial charge in [-0.3, -0.25) is 4.99 Å². The van der Waals surface area contributed by atoms with Crippen molar-refractivity contribution >= 4 is 35.6 Å². The van der Waals surface area contributed by atoms with Crippen LogP contribution < -0.4 is 15.5 Å². The maximum absolute atomic E-state index is 4.30. The lowest BCUT2D eigenvalue weighted by Crippen LogP contribution is -2.45. The molecule has 1 saturated heterocycles.